The van der Waals surface area contributed by atoms with E-state index in [1.54, 1.807) is 11.3 Å². The lowest BCUT2D eigenvalue weighted by Gasteiger charge is -2.35. The Labute approximate surface area is 176 Å². The standard InChI is InChI=1S/C22H29N3O3S/c1-16-12-25(13-17(2)28-16)21(26)11-20-15-29-22(23-20)19-5-3-18(4-6-19)14-24-7-9-27-10-8-24/h3-6,15-17H,7-14H2,1-2H3. The number of nitrogens with zero attached hydrogens (tertiary/aromatic N) is 3. The van der Waals surface area contributed by atoms with Crippen molar-refractivity contribution in [3.8, 4) is 10.6 Å². The topological polar surface area (TPSA) is 54.9 Å². The van der Waals surface area contributed by atoms with E-state index in [-0.39, 0.29) is 18.1 Å². The average Bonchev–Trinajstić information content (AvgIpc) is 3.17. The second-order valence-electron chi connectivity index (χ2n) is 7.96. The van der Waals surface area contributed by atoms with Crippen molar-refractivity contribution in [3.05, 3.63) is 40.9 Å². The number of aromatic nitrogens is 1. The Morgan fingerprint density at radius 2 is 1.83 bits per heavy atom. The van der Waals surface area contributed by atoms with Crippen LogP contribution in [0.4, 0.5) is 0 Å². The van der Waals surface area contributed by atoms with Crippen LogP contribution in [0, 0.1) is 0 Å². The number of morpholine rings is 2. The molecule has 0 bridgehead atoms. The minimum atomic E-state index is 0.0877. The quantitative estimate of drug-likeness (QED) is 0.752. The van der Waals surface area contributed by atoms with Crippen molar-refractivity contribution >= 4 is 17.2 Å². The van der Waals surface area contributed by atoms with Crippen LogP contribution in [0.3, 0.4) is 0 Å². The summed E-state index contributed by atoms with van der Waals surface area (Å²) in [5, 5.41) is 2.97. The van der Waals surface area contributed by atoms with Gasteiger partial charge in [0.25, 0.3) is 0 Å². The van der Waals surface area contributed by atoms with Crippen LogP contribution in [0.2, 0.25) is 0 Å². The summed E-state index contributed by atoms with van der Waals surface area (Å²) < 4.78 is 11.1. The number of hydrogen-bond acceptors (Lipinski definition) is 6. The third kappa shape index (κ3) is 5.42. The predicted octanol–water partition coefficient (Wildman–Crippen LogP) is 2.82. The molecule has 3 heterocycles. The maximum absolute atomic E-state index is 12.7. The highest BCUT2D eigenvalue weighted by Crippen LogP contribution is 2.25. The lowest BCUT2D eigenvalue weighted by Crippen LogP contribution is -2.48. The van der Waals surface area contributed by atoms with E-state index in [0.717, 1.165) is 49.1 Å². The zero-order valence-corrected chi connectivity index (χ0v) is 18.0. The molecule has 29 heavy (non-hydrogen) atoms. The van der Waals surface area contributed by atoms with E-state index in [9.17, 15) is 4.79 Å². The van der Waals surface area contributed by atoms with E-state index >= 15 is 0 Å². The first-order valence-electron chi connectivity index (χ1n) is 10.3. The van der Waals surface area contributed by atoms with E-state index in [1.807, 2.05) is 24.1 Å². The summed E-state index contributed by atoms with van der Waals surface area (Å²) in [6.45, 7) is 9.92. The molecule has 2 saturated heterocycles. The number of carbonyl (C=O) groups is 1. The van der Waals surface area contributed by atoms with E-state index in [1.165, 1.54) is 5.56 Å². The van der Waals surface area contributed by atoms with Gasteiger partial charge in [0.2, 0.25) is 5.91 Å². The first-order valence-corrected chi connectivity index (χ1v) is 11.2. The molecule has 0 radical (unpaired) electrons. The van der Waals surface area contributed by atoms with Crippen LogP contribution in [0.5, 0.6) is 0 Å². The molecular weight excluding hydrogens is 386 g/mol. The molecule has 2 aliphatic heterocycles. The van der Waals surface area contributed by atoms with Crippen molar-refractivity contribution in [2.75, 3.05) is 39.4 Å². The number of thiazole rings is 1. The normalized spacial score (nSPS) is 23.3. The van der Waals surface area contributed by atoms with Crippen LogP contribution in [0.1, 0.15) is 25.1 Å². The first kappa shape index (κ1) is 20.5. The summed E-state index contributed by atoms with van der Waals surface area (Å²) in [6.07, 6.45) is 0.528. The Hall–Kier alpha value is -1.80. The van der Waals surface area contributed by atoms with Crippen LogP contribution in [-0.4, -0.2) is 72.3 Å². The second-order valence-corrected chi connectivity index (χ2v) is 8.82. The molecule has 0 saturated carbocycles. The van der Waals surface area contributed by atoms with Crippen LogP contribution >= 0.6 is 11.3 Å². The molecule has 156 valence electrons. The lowest BCUT2D eigenvalue weighted by atomic mass is 10.1. The largest absolute Gasteiger partial charge is 0.379 e. The predicted molar refractivity (Wildman–Crippen MR) is 114 cm³/mol. The van der Waals surface area contributed by atoms with Crippen molar-refractivity contribution in [3.63, 3.8) is 0 Å². The molecule has 1 aromatic carbocycles. The molecule has 2 unspecified atom stereocenters. The summed E-state index contributed by atoms with van der Waals surface area (Å²) in [6, 6.07) is 8.61. The van der Waals surface area contributed by atoms with Crippen molar-refractivity contribution < 1.29 is 14.3 Å². The van der Waals surface area contributed by atoms with E-state index in [2.05, 4.69) is 29.2 Å². The molecule has 0 aliphatic carbocycles. The Morgan fingerprint density at radius 3 is 2.52 bits per heavy atom. The maximum atomic E-state index is 12.7. The molecule has 2 atom stereocenters. The minimum Gasteiger partial charge on any atom is -0.379 e. The van der Waals surface area contributed by atoms with E-state index in [0.29, 0.717) is 19.5 Å². The number of rotatable bonds is 5. The van der Waals surface area contributed by atoms with Gasteiger partial charge in [0.1, 0.15) is 5.01 Å². The van der Waals surface area contributed by atoms with Gasteiger partial charge in [-0.3, -0.25) is 9.69 Å². The van der Waals surface area contributed by atoms with E-state index in [4.69, 9.17) is 14.5 Å². The number of amides is 1. The molecule has 0 spiro atoms. The van der Waals surface area contributed by atoms with Gasteiger partial charge in [-0.2, -0.15) is 0 Å². The Morgan fingerprint density at radius 1 is 1.14 bits per heavy atom. The monoisotopic (exact) mass is 415 g/mol. The summed E-state index contributed by atoms with van der Waals surface area (Å²) in [5.74, 6) is 0.129. The molecule has 2 aliphatic rings. The minimum absolute atomic E-state index is 0.0877. The number of hydrogen-bond donors (Lipinski definition) is 0. The van der Waals surface area contributed by atoms with Crippen LogP contribution in [0.25, 0.3) is 10.6 Å². The molecule has 7 heteroatoms. The van der Waals surface area contributed by atoms with Gasteiger partial charge in [-0.15, -0.1) is 11.3 Å². The fourth-order valence-electron chi connectivity index (χ4n) is 3.94. The highest BCUT2D eigenvalue weighted by molar-refractivity contribution is 7.13. The number of ether oxygens (including phenoxy) is 2. The van der Waals surface area contributed by atoms with Gasteiger partial charge < -0.3 is 14.4 Å². The molecule has 6 nitrogen and oxygen atoms in total. The van der Waals surface area contributed by atoms with Crippen LogP contribution < -0.4 is 0 Å². The highest BCUT2D eigenvalue weighted by Gasteiger charge is 2.26. The van der Waals surface area contributed by atoms with Gasteiger partial charge in [0.05, 0.1) is 37.5 Å². The summed E-state index contributed by atoms with van der Waals surface area (Å²) in [7, 11) is 0. The average molecular weight is 416 g/mol. The molecule has 2 fully saturated rings. The Balaban J connectivity index is 1.35. The Kier molecular flexibility index (Phi) is 6.60. The molecule has 1 aromatic heterocycles. The van der Waals surface area contributed by atoms with Gasteiger partial charge >= 0.3 is 0 Å². The van der Waals surface area contributed by atoms with Gasteiger partial charge in [-0.05, 0) is 19.4 Å². The van der Waals surface area contributed by atoms with Gasteiger partial charge in [-0.1, -0.05) is 24.3 Å². The number of benzene rings is 1. The third-order valence-corrected chi connectivity index (χ3v) is 6.31. The molecule has 2 aromatic rings. The first-order chi connectivity index (χ1) is 14.1. The number of carbonyl (C=O) groups excluding carboxylic acids is 1. The van der Waals surface area contributed by atoms with Gasteiger partial charge in [-0.25, -0.2) is 4.98 Å². The highest BCUT2D eigenvalue weighted by atomic mass is 32.1. The summed E-state index contributed by atoms with van der Waals surface area (Å²) >= 11 is 1.60. The smallest absolute Gasteiger partial charge is 0.228 e. The van der Waals surface area contributed by atoms with Gasteiger partial charge in [0.15, 0.2) is 0 Å². The maximum Gasteiger partial charge on any atom is 0.228 e. The van der Waals surface area contributed by atoms with Crippen LogP contribution in [0.15, 0.2) is 29.6 Å². The Bertz CT molecular complexity index is 807. The zero-order valence-electron chi connectivity index (χ0n) is 17.2. The van der Waals surface area contributed by atoms with E-state index < -0.39 is 0 Å². The fraction of sp³-hybridized carbons (Fsp3) is 0.545. The van der Waals surface area contributed by atoms with Crippen LogP contribution in [-0.2, 0) is 27.2 Å². The molecule has 0 N–H and O–H groups in total. The molecular formula is C22H29N3O3S. The van der Waals surface area contributed by atoms with Crippen molar-refractivity contribution in [2.45, 2.75) is 39.0 Å². The SMILES string of the molecule is CC1CN(C(=O)Cc2csc(-c3ccc(CN4CCOCC4)cc3)n2)CC(C)O1. The molecule has 4 rings (SSSR count). The van der Waals surface area contributed by atoms with Crippen molar-refractivity contribution in [1.82, 2.24) is 14.8 Å². The van der Waals surface area contributed by atoms with Crippen molar-refractivity contribution in [1.29, 1.82) is 0 Å². The fourth-order valence-corrected chi connectivity index (χ4v) is 4.77. The molecule has 1 amide bonds. The van der Waals surface area contributed by atoms with Crippen molar-refractivity contribution in [2.24, 2.45) is 0 Å². The summed E-state index contributed by atoms with van der Waals surface area (Å²) in [5.41, 5.74) is 3.25. The summed E-state index contributed by atoms with van der Waals surface area (Å²) in [4.78, 5) is 21.7. The van der Waals surface area contributed by atoms with Gasteiger partial charge in [0, 0.05) is 43.7 Å². The lowest BCUT2D eigenvalue weighted by molar-refractivity contribution is -0.142. The second kappa shape index (κ2) is 9.34. The zero-order chi connectivity index (χ0) is 20.2. The third-order valence-electron chi connectivity index (χ3n) is 5.37.